The summed E-state index contributed by atoms with van der Waals surface area (Å²) < 4.78 is 1.68. The summed E-state index contributed by atoms with van der Waals surface area (Å²) in [4.78, 5) is 33.0. The lowest BCUT2D eigenvalue weighted by atomic mass is 10.1. The minimum atomic E-state index is -0.730. The highest BCUT2D eigenvalue weighted by Crippen LogP contribution is 2.29. The minimum Gasteiger partial charge on any atom is -0.308 e. The maximum Gasteiger partial charge on any atom is 0.301 e. The van der Waals surface area contributed by atoms with Crippen LogP contribution < -0.4 is 11.0 Å². The number of benzene rings is 2. The summed E-state index contributed by atoms with van der Waals surface area (Å²) in [5, 5.41) is 26.8. The highest BCUT2D eigenvalue weighted by atomic mass is 16.6. The molecule has 0 amide bonds. The number of nitrogens with zero attached hydrogens (tertiary/aromatic N) is 4. The van der Waals surface area contributed by atoms with E-state index in [1.54, 1.807) is 4.57 Å². The van der Waals surface area contributed by atoms with Gasteiger partial charge in [-0.1, -0.05) is 25.1 Å². The fourth-order valence-corrected chi connectivity index (χ4v) is 2.97. The Labute approximate surface area is 164 Å². The van der Waals surface area contributed by atoms with E-state index >= 15 is 0 Å². The molecule has 0 bridgehead atoms. The van der Waals surface area contributed by atoms with Gasteiger partial charge in [0, 0.05) is 29.6 Å². The number of hydrogen-bond acceptors (Lipinski definition) is 7. The molecule has 0 saturated carbocycles. The van der Waals surface area contributed by atoms with Gasteiger partial charge in [-0.3, -0.25) is 30.4 Å². The summed E-state index contributed by atoms with van der Waals surface area (Å²) >= 11 is 0. The second-order valence-corrected chi connectivity index (χ2v) is 6.19. The number of nitro benzene ring substituents is 2. The van der Waals surface area contributed by atoms with Crippen molar-refractivity contribution < 1.29 is 9.85 Å². The van der Waals surface area contributed by atoms with Crippen LogP contribution in [0.1, 0.15) is 18.9 Å². The summed E-state index contributed by atoms with van der Waals surface area (Å²) in [5.74, 6) is 0. The summed E-state index contributed by atoms with van der Waals surface area (Å²) in [6.07, 6.45) is 2.20. The molecule has 1 aromatic heterocycles. The molecule has 0 fully saturated rings. The van der Waals surface area contributed by atoms with Gasteiger partial charge in [0.15, 0.2) is 0 Å². The van der Waals surface area contributed by atoms with Crippen molar-refractivity contribution in [3.8, 4) is 0 Å². The summed E-state index contributed by atoms with van der Waals surface area (Å²) in [7, 11) is 0. The predicted molar refractivity (Wildman–Crippen MR) is 109 cm³/mol. The molecule has 148 valence electrons. The normalized spacial score (nSPS) is 11.1. The number of nitrogens with one attached hydrogen (secondary N) is 1. The number of anilines is 1. The van der Waals surface area contributed by atoms with Crippen molar-refractivity contribution in [2.24, 2.45) is 5.10 Å². The number of nitro groups is 2. The molecule has 0 saturated heterocycles. The topological polar surface area (TPSA) is 133 Å². The van der Waals surface area contributed by atoms with Gasteiger partial charge < -0.3 is 4.57 Å². The van der Waals surface area contributed by atoms with E-state index in [0.29, 0.717) is 12.1 Å². The maximum absolute atomic E-state index is 12.4. The van der Waals surface area contributed by atoms with Gasteiger partial charge in [0.1, 0.15) is 5.69 Å². The molecule has 0 radical (unpaired) electrons. The summed E-state index contributed by atoms with van der Waals surface area (Å²) in [6.45, 7) is 2.57. The molecule has 0 aliphatic rings. The van der Waals surface area contributed by atoms with Crippen molar-refractivity contribution in [1.82, 2.24) is 4.57 Å². The first kappa shape index (κ1) is 19.7. The predicted octanol–water partition coefficient (Wildman–Crippen LogP) is 3.67. The van der Waals surface area contributed by atoms with Gasteiger partial charge in [0.25, 0.3) is 11.2 Å². The van der Waals surface area contributed by atoms with Crippen molar-refractivity contribution in [2.45, 2.75) is 19.9 Å². The van der Waals surface area contributed by atoms with Crippen molar-refractivity contribution in [2.75, 3.05) is 5.43 Å². The molecular formula is C19H17N5O5. The van der Waals surface area contributed by atoms with Crippen molar-refractivity contribution in [3.63, 3.8) is 0 Å². The molecular weight excluding hydrogens is 378 g/mol. The number of rotatable bonds is 7. The third kappa shape index (κ3) is 4.10. The average molecular weight is 395 g/mol. The van der Waals surface area contributed by atoms with E-state index in [9.17, 15) is 25.0 Å². The zero-order valence-corrected chi connectivity index (χ0v) is 15.4. The van der Waals surface area contributed by atoms with E-state index in [0.717, 1.165) is 29.5 Å². The van der Waals surface area contributed by atoms with Crippen LogP contribution >= 0.6 is 0 Å². The third-order valence-electron chi connectivity index (χ3n) is 4.28. The lowest BCUT2D eigenvalue weighted by Gasteiger charge is -2.10. The van der Waals surface area contributed by atoms with Gasteiger partial charge in [-0.2, -0.15) is 5.10 Å². The number of hydrazone groups is 1. The van der Waals surface area contributed by atoms with Crippen LogP contribution in [-0.2, 0) is 6.54 Å². The Hall–Kier alpha value is -4.08. The molecule has 10 nitrogen and oxygen atoms in total. The Morgan fingerprint density at radius 2 is 1.86 bits per heavy atom. The average Bonchev–Trinajstić information content (AvgIpc) is 2.70. The number of aromatic nitrogens is 1. The maximum atomic E-state index is 12.4. The van der Waals surface area contributed by atoms with Crippen molar-refractivity contribution >= 4 is 34.2 Å². The second kappa shape index (κ2) is 8.30. The van der Waals surface area contributed by atoms with E-state index < -0.39 is 21.2 Å². The Morgan fingerprint density at radius 3 is 2.55 bits per heavy atom. The van der Waals surface area contributed by atoms with Gasteiger partial charge in [0.2, 0.25) is 0 Å². The third-order valence-corrected chi connectivity index (χ3v) is 4.28. The summed E-state index contributed by atoms with van der Waals surface area (Å²) in [6, 6.07) is 12.1. The first-order chi connectivity index (χ1) is 13.9. The number of hydrogen-bond donors (Lipinski definition) is 1. The van der Waals surface area contributed by atoms with E-state index in [4.69, 9.17) is 0 Å². The van der Waals surface area contributed by atoms with Crippen LogP contribution in [0.4, 0.5) is 17.1 Å². The molecule has 2 aromatic carbocycles. The van der Waals surface area contributed by atoms with Crippen LogP contribution in [0.5, 0.6) is 0 Å². The highest BCUT2D eigenvalue weighted by Gasteiger charge is 2.19. The van der Waals surface area contributed by atoms with Gasteiger partial charge in [-0.15, -0.1) is 0 Å². The lowest BCUT2D eigenvalue weighted by molar-refractivity contribution is -0.393. The van der Waals surface area contributed by atoms with Gasteiger partial charge in [-0.25, -0.2) is 0 Å². The molecule has 1 heterocycles. The van der Waals surface area contributed by atoms with Gasteiger partial charge in [0.05, 0.1) is 27.6 Å². The molecule has 0 aliphatic carbocycles. The lowest BCUT2D eigenvalue weighted by Crippen LogP contribution is -2.20. The number of aryl methyl sites for hydroxylation is 1. The van der Waals surface area contributed by atoms with Crippen LogP contribution in [0, 0.1) is 20.2 Å². The highest BCUT2D eigenvalue weighted by molar-refractivity contribution is 5.98. The Bertz CT molecular complexity index is 1190. The largest absolute Gasteiger partial charge is 0.308 e. The molecule has 29 heavy (non-hydrogen) atoms. The number of fused-ring (bicyclic) bond motifs is 1. The van der Waals surface area contributed by atoms with Crippen LogP contribution in [0.3, 0.4) is 0 Å². The molecule has 3 rings (SSSR count). The Kier molecular flexibility index (Phi) is 5.63. The van der Waals surface area contributed by atoms with E-state index in [2.05, 4.69) is 10.5 Å². The zero-order valence-electron chi connectivity index (χ0n) is 15.4. The SMILES string of the molecule is CCCn1c(=O)cc(C=NNc2ccc([N+](=O)[O-])cc2[N+](=O)[O-])c2ccccc21. The van der Waals surface area contributed by atoms with Crippen LogP contribution in [0.25, 0.3) is 10.9 Å². The van der Waals surface area contributed by atoms with Crippen LogP contribution in [0.2, 0.25) is 0 Å². The van der Waals surface area contributed by atoms with Crippen molar-refractivity contribution in [1.29, 1.82) is 0 Å². The van der Waals surface area contributed by atoms with E-state index in [1.165, 1.54) is 18.3 Å². The molecule has 0 spiro atoms. The molecule has 10 heteroatoms. The zero-order chi connectivity index (χ0) is 21.0. The Morgan fingerprint density at radius 1 is 1.10 bits per heavy atom. The molecule has 0 unspecified atom stereocenters. The van der Waals surface area contributed by atoms with Crippen LogP contribution in [-0.4, -0.2) is 20.6 Å². The number of non-ortho nitro benzene ring substituents is 1. The fourth-order valence-electron chi connectivity index (χ4n) is 2.97. The minimum absolute atomic E-state index is 0.000445. The Balaban J connectivity index is 1.97. The van der Waals surface area contributed by atoms with Crippen LogP contribution in [0.15, 0.2) is 58.4 Å². The summed E-state index contributed by atoms with van der Waals surface area (Å²) in [5.41, 5.74) is 2.81. The first-order valence-corrected chi connectivity index (χ1v) is 8.77. The number of pyridine rings is 1. The standard InChI is InChI=1S/C19H17N5O5/c1-2-9-22-17-6-4-3-5-15(17)13(10-19(22)25)12-20-21-16-8-7-14(23(26)27)11-18(16)24(28)29/h3-8,10-12,21H,2,9H2,1H3. The molecule has 0 atom stereocenters. The van der Waals surface area contributed by atoms with E-state index in [1.807, 2.05) is 31.2 Å². The van der Waals surface area contributed by atoms with Gasteiger partial charge in [-0.05, 0) is 18.6 Å². The quantitative estimate of drug-likeness (QED) is 0.369. The fraction of sp³-hybridized carbons (Fsp3) is 0.158. The molecule has 1 N–H and O–H groups in total. The smallest absolute Gasteiger partial charge is 0.301 e. The first-order valence-electron chi connectivity index (χ1n) is 8.77. The van der Waals surface area contributed by atoms with E-state index in [-0.39, 0.29) is 11.2 Å². The van der Waals surface area contributed by atoms with Crippen molar-refractivity contribution in [3.05, 3.63) is 84.7 Å². The second-order valence-electron chi connectivity index (χ2n) is 6.19. The monoisotopic (exact) mass is 395 g/mol. The molecule has 3 aromatic rings. The van der Waals surface area contributed by atoms with Gasteiger partial charge >= 0.3 is 5.69 Å². The molecule has 0 aliphatic heterocycles. The number of para-hydroxylation sites is 1.